The first-order valence-corrected chi connectivity index (χ1v) is 12.2. The summed E-state index contributed by atoms with van der Waals surface area (Å²) >= 11 is 0. The fraction of sp³-hybridized carbons (Fsp3) is 0.550. The number of hydrogen-bond donors (Lipinski definition) is 0. The number of amides is 2. The van der Waals surface area contributed by atoms with Crippen LogP contribution in [-0.2, 0) is 42.3 Å². The Morgan fingerprint density at radius 3 is 2.33 bits per heavy atom. The Balaban J connectivity index is 1.61. The molecule has 1 aromatic carbocycles. The Morgan fingerprint density at radius 1 is 1.09 bits per heavy atom. The van der Waals surface area contributed by atoms with E-state index in [2.05, 4.69) is 10.0 Å². The fourth-order valence-corrected chi connectivity index (χ4v) is 5.27. The molecule has 1 aromatic rings. The van der Waals surface area contributed by atoms with Gasteiger partial charge in [0.1, 0.15) is 11.9 Å². The third-order valence-corrected chi connectivity index (χ3v) is 7.22. The lowest BCUT2D eigenvalue weighted by Gasteiger charge is -2.22. The number of benzene rings is 1. The lowest BCUT2D eigenvalue weighted by molar-refractivity contribution is -0.178. The Labute approximate surface area is 191 Å². The second-order valence-electron chi connectivity index (χ2n) is 7.78. The first-order valence-electron chi connectivity index (χ1n) is 10.6. The molecule has 2 aliphatic heterocycles. The van der Waals surface area contributed by atoms with Gasteiger partial charge in [0.05, 0.1) is 0 Å². The summed E-state index contributed by atoms with van der Waals surface area (Å²) in [7, 11) is -3.79. The topological polar surface area (TPSA) is 159 Å². The maximum absolute atomic E-state index is 13.0. The molecule has 0 N–H and O–H groups in total. The molecule has 2 heterocycles. The van der Waals surface area contributed by atoms with Crippen LogP contribution in [-0.4, -0.2) is 54.2 Å². The second-order valence-corrected chi connectivity index (χ2v) is 9.80. The Bertz CT molecular complexity index is 1010. The molecule has 0 spiro atoms. The van der Waals surface area contributed by atoms with Crippen LogP contribution in [0, 0.1) is 0 Å². The Hall–Kier alpha value is -3.15. The molecular weight excluding hydrogens is 454 g/mol. The highest BCUT2D eigenvalue weighted by molar-refractivity contribution is 7.89. The van der Waals surface area contributed by atoms with Crippen LogP contribution >= 0.6 is 0 Å². The zero-order chi connectivity index (χ0) is 23.8. The van der Waals surface area contributed by atoms with Crippen LogP contribution in [0.3, 0.4) is 0 Å². The smallest absolute Gasteiger partial charge is 0.428 e. The molecule has 1 fully saturated rings. The minimum Gasteiger partial charge on any atom is -0.428 e. The normalized spacial score (nSPS) is 16.9. The van der Waals surface area contributed by atoms with Crippen LogP contribution < -0.4 is 0 Å². The molecule has 33 heavy (non-hydrogen) atoms. The standard InChI is InChI=1S/C20H25N5O7S/c21-23-22-11-5-1-2-8-17(31-20(28)32-25-18(26)9-10-19(25)27)14-33(29,30)24-12-15-6-3-4-7-16(15)13-24/h3-4,6-7,17H,1-2,5,8-14H2. The molecule has 1 saturated heterocycles. The molecule has 0 bridgehead atoms. The van der Waals surface area contributed by atoms with Crippen molar-refractivity contribution in [2.45, 2.75) is 57.7 Å². The van der Waals surface area contributed by atoms with Crippen molar-refractivity contribution in [3.8, 4) is 0 Å². The van der Waals surface area contributed by atoms with Crippen molar-refractivity contribution in [1.29, 1.82) is 0 Å². The largest absolute Gasteiger partial charge is 0.534 e. The number of sulfonamides is 1. The minimum atomic E-state index is -3.79. The molecule has 1 atom stereocenters. The number of unbranched alkanes of at least 4 members (excludes halogenated alkanes) is 2. The lowest BCUT2D eigenvalue weighted by Crippen LogP contribution is -2.38. The molecule has 2 aliphatic rings. The van der Waals surface area contributed by atoms with Gasteiger partial charge in [0.2, 0.25) is 10.0 Å². The summed E-state index contributed by atoms with van der Waals surface area (Å²) in [6, 6.07) is 7.41. The molecule has 178 valence electrons. The predicted octanol–water partition coefficient (Wildman–Crippen LogP) is 2.79. The van der Waals surface area contributed by atoms with E-state index < -0.39 is 39.8 Å². The van der Waals surface area contributed by atoms with Gasteiger partial charge in [0, 0.05) is 37.4 Å². The third-order valence-electron chi connectivity index (χ3n) is 5.38. The van der Waals surface area contributed by atoms with E-state index in [9.17, 15) is 22.8 Å². The Morgan fingerprint density at radius 2 is 1.73 bits per heavy atom. The van der Waals surface area contributed by atoms with Gasteiger partial charge in [-0.1, -0.05) is 40.9 Å². The number of carbonyl (C=O) groups is 3. The Kier molecular flexibility index (Phi) is 8.26. The number of ether oxygens (including phenoxy) is 1. The summed E-state index contributed by atoms with van der Waals surface area (Å²) in [6.07, 6.45) is -0.520. The molecule has 0 aromatic heterocycles. The highest BCUT2D eigenvalue weighted by atomic mass is 32.2. The van der Waals surface area contributed by atoms with Crippen LogP contribution in [0.2, 0.25) is 0 Å². The van der Waals surface area contributed by atoms with E-state index in [1.54, 1.807) is 0 Å². The van der Waals surface area contributed by atoms with Gasteiger partial charge < -0.3 is 4.74 Å². The minimum absolute atomic E-state index is 0.0649. The average molecular weight is 480 g/mol. The zero-order valence-corrected chi connectivity index (χ0v) is 18.8. The van der Waals surface area contributed by atoms with E-state index in [1.165, 1.54) is 4.31 Å². The van der Waals surface area contributed by atoms with Crippen LogP contribution in [0.4, 0.5) is 4.79 Å². The summed E-state index contributed by atoms with van der Waals surface area (Å²) in [6.45, 7) is 0.783. The molecule has 2 amide bonds. The second kappa shape index (κ2) is 11.1. The molecule has 13 heteroatoms. The zero-order valence-electron chi connectivity index (χ0n) is 18.0. The van der Waals surface area contributed by atoms with Gasteiger partial charge in [-0.3, -0.25) is 14.4 Å². The van der Waals surface area contributed by atoms with E-state index in [0.717, 1.165) is 11.1 Å². The van der Waals surface area contributed by atoms with E-state index in [1.807, 2.05) is 24.3 Å². The quantitative estimate of drug-likeness (QED) is 0.118. The van der Waals surface area contributed by atoms with E-state index in [-0.39, 0.29) is 32.4 Å². The number of hydrogen-bond acceptors (Lipinski definition) is 8. The summed E-state index contributed by atoms with van der Waals surface area (Å²) < 4.78 is 32.6. The molecule has 1 unspecified atom stereocenters. The summed E-state index contributed by atoms with van der Waals surface area (Å²) in [5.74, 6) is -1.78. The van der Waals surface area contributed by atoms with E-state index in [4.69, 9.17) is 15.1 Å². The van der Waals surface area contributed by atoms with Gasteiger partial charge >= 0.3 is 6.16 Å². The van der Waals surface area contributed by atoms with E-state index >= 15 is 0 Å². The highest BCUT2D eigenvalue weighted by Crippen LogP contribution is 2.26. The summed E-state index contributed by atoms with van der Waals surface area (Å²) in [5.41, 5.74) is 10.2. The van der Waals surface area contributed by atoms with Gasteiger partial charge in [-0.15, -0.1) is 0 Å². The average Bonchev–Trinajstić information content (AvgIpc) is 3.35. The molecule has 0 radical (unpaired) electrons. The van der Waals surface area contributed by atoms with Gasteiger partial charge in [-0.2, -0.15) is 4.31 Å². The van der Waals surface area contributed by atoms with Crippen molar-refractivity contribution in [2.24, 2.45) is 5.11 Å². The number of nitrogens with zero attached hydrogens (tertiary/aromatic N) is 5. The van der Waals surface area contributed by atoms with Crippen molar-refractivity contribution in [3.05, 3.63) is 45.8 Å². The van der Waals surface area contributed by atoms with Gasteiger partial charge in [-0.25, -0.2) is 13.2 Å². The number of azide groups is 1. The number of imide groups is 1. The molecule has 3 rings (SSSR count). The van der Waals surface area contributed by atoms with Crippen molar-refractivity contribution in [3.63, 3.8) is 0 Å². The maximum atomic E-state index is 13.0. The summed E-state index contributed by atoms with van der Waals surface area (Å²) in [5, 5.41) is 3.80. The van der Waals surface area contributed by atoms with Crippen LogP contribution in [0.15, 0.2) is 29.4 Å². The van der Waals surface area contributed by atoms with Crippen LogP contribution in [0.25, 0.3) is 10.4 Å². The van der Waals surface area contributed by atoms with Gasteiger partial charge in [-0.05, 0) is 35.9 Å². The molecule has 0 saturated carbocycles. The van der Waals surface area contributed by atoms with Crippen molar-refractivity contribution < 1.29 is 32.4 Å². The monoisotopic (exact) mass is 479 g/mol. The number of fused-ring (bicyclic) bond motifs is 1. The third kappa shape index (κ3) is 6.67. The van der Waals surface area contributed by atoms with E-state index in [0.29, 0.717) is 30.9 Å². The molecule has 0 aliphatic carbocycles. The predicted molar refractivity (Wildman–Crippen MR) is 114 cm³/mol. The number of hydroxylamine groups is 2. The molecular formula is C20H25N5O7S. The summed E-state index contributed by atoms with van der Waals surface area (Å²) in [4.78, 5) is 42.9. The van der Waals surface area contributed by atoms with Crippen molar-refractivity contribution in [1.82, 2.24) is 9.37 Å². The lowest BCUT2D eigenvalue weighted by atomic mass is 10.1. The van der Waals surface area contributed by atoms with Gasteiger partial charge in [0.15, 0.2) is 0 Å². The van der Waals surface area contributed by atoms with Crippen LogP contribution in [0.5, 0.6) is 0 Å². The first kappa shape index (κ1) is 24.5. The van der Waals surface area contributed by atoms with Crippen molar-refractivity contribution in [2.75, 3.05) is 12.3 Å². The SMILES string of the molecule is [N-]=[N+]=NCCCCCC(CS(=O)(=O)N1Cc2ccccc2C1)OC(=O)ON1C(=O)CCC1=O. The van der Waals surface area contributed by atoms with Crippen LogP contribution in [0.1, 0.15) is 49.7 Å². The fourth-order valence-electron chi connectivity index (χ4n) is 3.68. The van der Waals surface area contributed by atoms with Crippen molar-refractivity contribution >= 4 is 28.0 Å². The van der Waals surface area contributed by atoms with Gasteiger partial charge in [0.25, 0.3) is 11.8 Å². The first-order chi connectivity index (χ1) is 15.8. The molecule has 12 nitrogen and oxygen atoms in total. The number of rotatable bonds is 11. The highest BCUT2D eigenvalue weighted by Gasteiger charge is 2.36. The number of carbonyl (C=O) groups excluding carboxylic acids is 3. The maximum Gasteiger partial charge on any atom is 0.534 e.